The molecule has 2 atom stereocenters. The van der Waals surface area contributed by atoms with E-state index in [2.05, 4.69) is 49.5 Å². The van der Waals surface area contributed by atoms with E-state index < -0.39 is 5.60 Å². The topological polar surface area (TPSA) is 39.7 Å². The van der Waals surface area contributed by atoms with Gasteiger partial charge in [0.2, 0.25) is 0 Å². The van der Waals surface area contributed by atoms with Gasteiger partial charge in [-0.05, 0) is 68.7 Å². The first kappa shape index (κ1) is 25.2. The fourth-order valence-electron chi connectivity index (χ4n) is 4.34. The molecule has 0 saturated heterocycles. The summed E-state index contributed by atoms with van der Waals surface area (Å²) in [6, 6.07) is 21.1. The van der Waals surface area contributed by atoms with Crippen LogP contribution in [0.1, 0.15) is 62.0 Å². The highest BCUT2D eigenvalue weighted by atomic mass is 19.1. The van der Waals surface area contributed by atoms with Crippen molar-refractivity contribution in [2.75, 3.05) is 11.9 Å². The van der Waals surface area contributed by atoms with Gasteiger partial charge in [0.1, 0.15) is 29.4 Å². The van der Waals surface area contributed by atoms with Crippen molar-refractivity contribution >= 4 is 5.69 Å². The fourth-order valence-corrected chi connectivity index (χ4v) is 4.34. The molecule has 186 valence electrons. The molecular weight excluding hydrogens is 441 g/mol. The Morgan fingerprint density at radius 2 is 1.66 bits per heavy atom. The molecule has 2 unspecified atom stereocenters. The summed E-state index contributed by atoms with van der Waals surface area (Å²) in [4.78, 5) is 0. The van der Waals surface area contributed by atoms with E-state index in [0.717, 1.165) is 42.0 Å². The molecule has 0 spiro atoms. The van der Waals surface area contributed by atoms with Gasteiger partial charge in [-0.15, -0.1) is 0 Å². The summed E-state index contributed by atoms with van der Waals surface area (Å²) in [7, 11) is 0. The molecule has 1 heterocycles. The molecule has 0 aliphatic carbocycles. The summed E-state index contributed by atoms with van der Waals surface area (Å²) in [5.74, 6) is 0.564. The largest absolute Gasteiger partial charge is 0.485 e. The van der Waals surface area contributed by atoms with Crippen molar-refractivity contribution in [3.63, 3.8) is 0 Å². The van der Waals surface area contributed by atoms with Gasteiger partial charge in [0.05, 0.1) is 6.61 Å². The summed E-state index contributed by atoms with van der Waals surface area (Å²) in [5.41, 5.74) is 4.78. The SMILES string of the molecule is CCCCOC1c2cc(NCc3ccc(C)cc3)ccc2OC(C)(C)C1OCc1ccc(F)cc1. The molecule has 0 fully saturated rings. The lowest BCUT2D eigenvalue weighted by molar-refractivity contribution is -0.167. The zero-order chi connectivity index (χ0) is 24.8. The second-order valence-corrected chi connectivity index (χ2v) is 9.80. The van der Waals surface area contributed by atoms with Gasteiger partial charge < -0.3 is 19.5 Å². The van der Waals surface area contributed by atoms with E-state index in [1.165, 1.54) is 23.3 Å². The van der Waals surface area contributed by atoms with E-state index >= 15 is 0 Å². The molecule has 0 aromatic heterocycles. The van der Waals surface area contributed by atoms with Crippen molar-refractivity contribution in [3.05, 3.63) is 94.8 Å². The van der Waals surface area contributed by atoms with Crippen LogP contribution in [-0.2, 0) is 22.6 Å². The van der Waals surface area contributed by atoms with Crippen molar-refractivity contribution in [1.82, 2.24) is 0 Å². The van der Waals surface area contributed by atoms with Gasteiger partial charge in [-0.3, -0.25) is 0 Å². The third kappa shape index (κ3) is 6.41. The molecule has 0 bridgehead atoms. The van der Waals surface area contributed by atoms with Crippen LogP contribution in [0.2, 0.25) is 0 Å². The lowest BCUT2D eigenvalue weighted by atomic mass is 9.87. The lowest BCUT2D eigenvalue weighted by Crippen LogP contribution is -2.51. The Labute approximate surface area is 208 Å². The first-order chi connectivity index (χ1) is 16.9. The van der Waals surface area contributed by atoms with Crippen LogP contribution >= 0.6 is 0 Å². The van der Waals surface area contributed by atoms with Gasteiger partial charge in [0, 0.05) is 24.4 Å². The van der Waals surface area contributed by atoms with Crippen LogP contribution in [0.5, 0.6) is 5.75 Å². The molecule has 1 aliphatic rings. The van der Waals surface area contributed by atoms with Crippen LogP contribution in [0.4, 0.5) is 10.1 Å². The van der Waals surface area contributed by atoms with E-state index in [9.17, 15) is 4.39 Å². The molecule has 0 saturated carbocycles. The second-order valence-electron chi connectivity index (χ2n) is 9.80. The minimum atomic E-state index is -0.596. The number of halogens is 1. The van der Waals surface area contributed by atoms with Crippen molar-refractivity contribution in [1.29, 1.82) is 0 Å². The number of benzene rings is 3. The standard InChI is InChI=1S/C30H36FNO3/c1-5-6-17-33-28-26-18-25(32-19-22-9-7-21(2)8-10-22)15-16-27(26)35-30(3,4)29(28)34-20-23-11-13-24(31)14-12-23/h7-16,18,28-29,32H,5-6,17,19-20H2,1-4H3. The van der Waals surface area contributed by atoms with E-state index in [1.54, 1.807) is 12.1 Å². The van der Waals surface area contributed by atoms with Crippen LogP contribution in [0, 0.1) is 12.7 Å². The minimum Gasteiger partial charge on any atom is -0.485 e. The Bertz CT molecular complexity index is 1100. The predicted molar refractivity (Wildman–Crippen MR) is 138 cm³/mol. The quantitative estimate of drug-likeness (QED) is 0.310. The first-order valence-electron chi connectivity index (χ1n) is 12.5. The summed E-state index contributed by atoms with van der Waals surface area (Å²) in [5, 5.41) is 3.53. The van der Waals surface area contributed by atoms with E-state index in [-0.39, 0.29) is 18.0 Å². The van der Waals surface area contributed by atoms with Crippen LogP contribution in [0.3, 0.4) is 0 Å². The molecule has 1 aliphatic heterocycles. The second kappa shape index (κ2) is 11.2. The molecule has 5 heteroatoms. The van der Waals surface area contributed by atoms with E-state index in [4.69, 9.17) is 14.2 Å². The average Bonchev–Trinajstić information content (AvgIpc) is 2.84. The van der Waals surface area contributed by atoms with Crippen molar-refractivity contribution < 1.29 is 18.6 Å². The van der Waals surface area contributed by atoms with Gasteiger partial charge in [0.25, 0.3) is 0 Å². The normalized spacial score (nSPS) is 18.5. The number of anilines is 1. The third-order valence-electron chi connectivity index (χ3n) is 6.40. The number of rotatable bonds is 10. The molecule has 0 radical (unpaired) electrons. The molecule has 4 rings (SSSR count). The molecule has 1 N–H and O–H groups in total. The summed E-state index contributed by atoms with van der Waals surface area (Å²) in [6.45, 7) is 10.0. The number of hydrogen-bond acceptors (Lipinski definition) is 4. The lowest BCUT2D eigenvalue weighted by Gasteiger charge is -2.44. The van der Waals surface area contributed by atoms with E-state index in [0.29, 0.717) is 13.2 Å². The van der Waals surface area contributed by atoms with Gasteiger partial charge in [0.15, 0.2) is 0 Å². The third-order valence-corrected chi connectivity index (χ3v) is 6.40. The molecule has 3 aromatic rings. The fraction of sp³-hybridized carbons (Fsp3) is 0.400. The highest BCUT2D eigenvalue weighted by molar-refractivity contribution is 5.54. The number of unbranched alkanes of at least 4 members (excludes halogenated alkanes) is 1. The van der Waals surface area contributed by atoms with Crippen molar-refractivity contribution in [3.8, 4) is 5.75 Å². The van der Waals surface area contributed by atoms with Gasteiger partial charge in [-0.25, -0.2) is 4.39 Å². The van der Waals surface area contributed by atoms with Gasteiger partial charge >= 0.3 is 0 Å². The van der Waals surface area contributed by atoms with Crippen LogP contribution in [0.15, 0.2) is 66.7 Å². The van der Waals surface area contributed by atoms with Crippen molar-refractivity contribution in [2.24, 2.45) is 0 Å². The summed E-state index contributed by atoms with van der Waals surface area (Å²) in [6.07, 6.45) is 1.42. The number of nitrogens with one attached hydrogen (secondary N) is 1. The zero-order valence-corrected chi connectivity index (χ0v) is 21.1. The predicted octanol–water partition coefficient (Wildman–Crippen LogP) is 7.36. The maximum absolute atomic E-state index is 13.3. The Morgan fingerprint density at radius 1 is 0.943 bits per heavy atom. The summed E-state index contributed by atoms with van der Waals surface area (Å²) < 4.78 is 32.6. The Morgan fingerprint density at radius 3 is 2.37 bits per heavy atom. The first-order valence-corrected chi connectivity index (χ1v) is 12.5. The van der Waals surface area contributed by atoms with Gasteiger partial charge in [-0.1, -0.05) is 55.3 Å². The minimum absolute atomic E-state index is 0.254. The summed E-state index contributed by atoms with van der Waals surface area (Å²) >= 11 is 0. The number of fused-ring (bicyclic) bond motifs is 1. The smallest absolute Gasteiger partial charge is 0.132 e. The maximum atomic E-state index is 13.3. The number of hydrogen-bond donors (Lipinski definition) is 1. The van der Waals surface area contributed by atoms with E-state index in [1.807, 2.05) is 26.0 Å². The highest BCUT2D eigenvalue weighted by Crippen LogP contribution is 2.44. The molecular formula is C30H36FNO3. The number of ether oxygens (including phenoxy) is 3. The maximum Gasteiger partial charge on any atom is 0.132 e. The molecule has 3 aromatic carbocycles. The number of aryl methyl sites for hydroxylation is 1. The van der Waals surface area contributed by atoms with Crippen molar-refractivity contribution in [2.45, 2.75) is 71.5 Å². The molecule has 0 amide bonds. The average molecular weight is 478 g/mol. The Balaban J connectivity index is 1.56. The Kier molecular flexibility index (Phi) is 8.09. The molecule has 4 nitrogen and oxygen atoms in total. The Hall–Kier alpha value is -2.89. The molecule has 35 heavy (non-hydrogen) atoms. The van der Waals surface area contributed by atoms with Gasteiger partial charge in [-0.2, -0.15) is 0 Å². The zero-order valence-electron chi connectivity index (χ0n) is 21.1. The van der Waals surface area contributed by atoms with Crippen LogP contribution in [-0.4, -0.2) is 18.3 Å². The van der Waals surface area contributed by atoms with Crippen LogP contribution in [0.25, 0.3) is 0 Å². The monoisotopic (exact) mass is 477 g/mol. The highest BCUT2D eigenvalue weighted by Gasteiger charge is 2.45. The van der Waals surface area contributed by atoms with Crippen LogP contribution < -0.4 is 10.1 Å².